The lowest BCUT2D eigenvalue weighted by Crippen LogP contribution is -2.33. The van der Waals surface area contributed by atoms with Gasteiger partial charge in [0.2, 0.25) is 0 Å². The summed E-state index contributed by atoms with van der Waals surface area (Å²) < 4.78 is 12.5. The second-order valence-electron chi connectivity index (χ2n) is 5.95. The van der Waals surface area contributed by atoms with Crippen molar-refractivity contribution in [1.82, 2.24) is 5.32 Å². The van der Waals surface area contributed by atoms with E-state index in [-0.39, 0.29) is 5.37 Å². The van der Waals surface area contributed by atoms with E-state index in [0.717, 1.165) is 15.6 Å². The van der Waals surface area contributed by atoms with E-state index in [2.05, 4.69) is 21.2 Å². The molecule has 0 saturated carbocycles. The van der Waals surface area contributed by atoms with Crippen molar-refractivity contribution in [3.8, 4) is 11.5 Å². The summed E-state index contributed by atoms with van der Waals surface area (Å²) in [5.74, 6) is 0.929. The molecule has 8 heteroatoms. The predicted octanol–water partition coefficient (Wildman–Crippen LogP) is 4.87. The number of thioether (sulfide) groups is 1. The Labute approximate surface area is 175 Å². The monoisotopic (exact) mass is 471 g/mol. The average Bonchev–Trinajstić information content (AvgIpc) is 3.13. The molecule has 5 nitrogen and oxygen atoms in total. The maximum atomic E-state index is 11.2. The van der Waals surface area contributed by atoms with Crippen molar-refractivity contribution in [1.29, 1.82) is 0 Å². The summed E-state index contributed by atoms with van der Waals surface area (Å²) in [6.45, 7) is 2.79. The molecule has 0 spiro atoms. The Kier molecular flexibility index (Phi) is 6.92. The van der Waals surface area contributed by atoms with Gasteiger partial charge >= 0.3 is 5.97 Å². The van der Waals surface area contributed by atoms with Crippen LogP contribution in [0.3, 0.4) is 0 Å². The molecule has 1 fully saturated rings. The zero-order valence-electron chi connectivity index (χ0n) is 14.6. The number of rotatable bonds is 7. The topological polar surface area (TPSA) is 67.8 Å². The first kappa shape index (κ1) is 20.3. The standard InChI is InChI=1S/C19H19BrClNO4S/c1-2-25-16-8-12(18-22-15(10-27-18)19(23)24)7-14(20)17(16)26-9-11-3-5-13(21)6-4-11/h3-8,15,18,22H,2,9-10H2,1H3,(H,23,24). The number of ether oxygens (including phenoxy) is 2. The SMILES string of the molecule is CCOc1cc(C2NC(C(=O)O)CS2)cc(Br)c1OCc1ccc(Cl)cc1. The molecule has 1 aliphatic rings. The summed E-state index contributed by atoms with van der Waals surface area (Å²) in [7, 11) is 0. The summed E-state index contributed by atoms with van der Waals surface area (Å²) in [5.41, 5.74) is 1.94. The Hall–Kier alpha value is -1.41. The molecule has 0 amide bonds. The van der Waals surface area contributed by atoms with E-state index in [1.54, 1.807) is 11.8 Å². The van der Waals surface area contributed by atoms with E-state index in [1.165, 1.54) is 0 Å². The highest BCUT2D eigenvalue weighted by Crippen LogP contribution is 2.42. The van der Waals surface area contributed by atoms with Crippen molar-refractivity contribution in [2.24, 2.45) is 0 Å². The van der Waals surface area contributed by atoms with Crippen LogP contribution in [0.5, 0.6) is 11.5 Å². The Balaban J connectivity index is 1.79. The second-order valence-corrected chi connectivity index (χ2v) is 8.38. The van der Waals surface area contributed by atoms with Gasteiger partial charge in [0.1, 0.15) is 12.6 Å². The molecule has 0 aromatic heterocycles. The fraction of sp³-hybridized carbons (Fsp3) is 0.316. The third kappa shape index (κ3) is 5.10. The summed E-state index contributed by atoms with van der Waals surface area (Å²) >= 11 is 11.0. The second kappa shape index (κ2) is 9.19. The lowest BCUT2D eigenvalue weighted by atomic mass is 10.2. The number of benzene rings is 2. The molecule has 1 heterocycles. The molecule has 3 rings (SSSR count). The van der Waals surface area contributed by atoms with Crippen LogP contribution in [0.25, 0.3) is 0 Å². The first-order valence-corrected chi connectivity index (χ1v) is 10.6. The number of carboxylic acid groups (broad SMARTS) is 1. The molecule has 2 aromatic carbocycles. The van der Waals surface area contributed by atoms with E-state index in [9.17, 15) is 9.90 Å². The third-order valence-corrected chi connectivity index (χ3v) is 6.12. The highest BCUT2D eigenvalue weighted by atomic mass is 79.9. The Morgan fingerprint density at radius 1 is 1.33 bits per heavy atom. The number of halogens is 2. The Bertz CT molecular complexity index is 818. The van der Waals surface area contributed by atoms with E-state index >= 15 is 0 Å². The summed E-state index contributed by atoms with van der Waals surface area (Å²) in [6.07, 6.45) is 0. The quantitative estimate of drug-likeness (QED) is 0.599. The van der Waals surface area contributed by atoms with Crippen molar-refractivity contribution in [2.75, 3.05) is 12.4 Å². The van der Waals surface area contributed by atoms with Crippen molar-refractivity contribution >= 4 is 45.3 Å². The van der Waals surface area contributed by atoms with Crippen LogP contribution in [0.4, 0.5) is 0 Å². The molecule has 2 N–H and O–H groups in total. The minimum atomic E-state index is -0.836. The average molecular weight is 473 g/mol. The molecule has 144 valence electrons. The molecule has 2 atom stereocenters. The molecule has 2 unspecified atom stereocenters. The maximum absolute atomic E-state index is 11.2. The number of aliphatic carboxylic acids is 1. The fourth-order valence-corrected chi connectivity index (χ4v) is 4.60. The van der Waals surface area contributed by atoms with E-state index < -0.39 is 12.0 Å². The van der Waals surface area contributed by atoms with Crippen LogP contribution in [0, 0.1) is 0 Å². The zero-order chi connectivity index (χ0) is 19.4. The van der Waals surface area contributed by atoms with Gasteiger partial charge in [0, 0.05) is 10.8 Å². The van der Waals surface area contributed by atoms with Crippen molar-refractivity contribution in [3.05, 3.63) is 57.0 Å². The van der Waals surface area contributed by atoms with Gasteiger partial charge in [-0.25, -0.2) is 0 Å². The molecule has 0 aliphatic carbocycles. The van der Waals surface area contributed by atoms with Crippen LogP contribution >= 0.6 is 39.3 Å². The van der Waals surface area contributed by atoms with Gasteiger partial charge in [-0.2, -0.15) is 0 Å². The van der Waals surface area contributed by atoms with E-state index in [0.29, 0.717) is 35.5 Å². The number of nitrogens with one attached hydrogen (secondary N) is 1. The lowest BCUT2D eigenvalue weighted by molar-refractivity contribution is -0.138. The molecule has 1 saturated heterocycles. The van der Waals surface area contributed by atoms with Crippen LogP contribution < -0.4 is 14.8 Å². The minimum absolute atomic E-state index is 0.105. The molecular weight excluding hydrogens is 454 g/mol. The summed E-state index contributed by atoms with van der Waals surface area (Å²) in [5, 5.41) is 12.9. The molecular formula is C19H19BrClNO4S. The molecule has 1 aliphatic heterocycles. The van der Waals surface area contributed by atoms with E-state index in [4.69, 9.17) is 21.1 Å². The van der Waals surface area contributed by atoms with Gasteiger partial charge in [-0.15, -0.1) is 11.8 Å². The third-order valence-electron chi connectivity index (χ3n) is 4.01. The predicted molar refractivity (Wildman–Crippen MR) is 111 cm³/mol. The number of hydrogen-bond donors (Lipinski definition) is 2. The van der Waals surface area contributed by atoms with Crippen LogP contribution in [-0.2, 0) is 11.4 Å². The fourth-order valence-electron chi connectivity index (χ4n) is 2.68. The lowest BCUT2D eigenvalue weighted by Gasteiger charge is -2.18. The summed E-state index contributed by atoms with van der Waals surface area (Å²) in [6, 6.07) is 10.8. The summed E-state index contributed by atoms with van der Waals surface area (Å²) in [4.78, 5) is 11.2. The van der Waals surface area contributed by atoms with E-state index in [1.807, 2.05) is 43.3 Å². The highest BCUT2D eigenvalue weighted by molar-refractivity contribution is 9.10. The van der Waals surface area contributed by atoms with Crippen molar-refractivity contribution in [2.45, 2.75) is 24.9 Å². The smallest absolute Gasteiger partial charge is 0.321 e. The number of hydrogen-bond acceptors (Lipinski definition) is 5. The first-order chi connectivity index (χ1) is 13.0. The first-order valence-electron chi connectivity index (χ1n) is 8.42. The van der Waals surface area contributed by atoms with Crippen LogP contribution in [-0.4, -0.2) is 29.5 Å². The van der Waals surface area contributed by atoms with Crippen LogP contribution in [0.1, 0.15) is 23.4 Å². The number of carbonyl (C=O) groups is 1. The van der Waals surface area contributed by atoms with Gasteiger partial charge in [-0.1, -0.05) is 23.7 Å². The molecule has 27 heavy (non-hydrogen) atoms. The normalized spacial score (nSPS) is 19.1. The Morgan fingerprint density at radius 2 is 2.07 bits per heavy atom. The van der Waals surface area contributed by atoms with Gasteiger partial charge in [-0.05, 0) is 58.2 Å². The van der Waals surface area contributed by atoms with Crippen molar-refractivity contribution < 1.29 is 19.4 Å². The maximum Gasteiger partial charge on any atom is 0.321 e. The van der Waals surface area contributed by atoms with Crippen LogP contribution in [0.15, 0.2) is 40.9 Å². The molecule has 2 aromatic rings. The highest BCUT2D eigenvalue weighted by Gasteiger charge is 2.31. The number of carboxylic acids is 1. The minimum Gasteiger partial charge on any atom is -0.490 e. The van der Waals surface area contributed by atoms with Gasteiger partial charge in [-0.3, -0.25) is 10.1 Å². The van der Waals surface area contributed by atoms with Gasteiger partial charge in [0.05, 0.1) is 16.5 Å². The molecule has 0 bridgehead atoms. The zero-order valence-corrected chi connectivity index (χ0v) is 17.7. The van der Waals surface area contributed by atoms with Gasteiger partial charge < -0.3 is 14.6 Å². The van der Waals surface area contributed by atoms with Gasteiger partial charge in [0.25, 0.3) is 0 Å². The Morgan fingerprint density at radius 3 is 2.70 bits per heavy atom. The molecule has 0 radical (unpaired) electrons. The van der Waals surface area contributed by atoms with Crippen LogP contribution in [0.2, 0.25) is 5.02 Å². The van der Waals surface area contributed by atoms with Gasteiger partial charge in [0.15, 0.2) is 11.5 Å². The van der Waals surface area contributed by atoms with Crippen molar-refractivity contribution in [3.63, 3.8) is 0 Å². The largest absolute Gasteiger partial charge is 0.490 e.